The van der Waals surface area contributed by atoms with Gasteiger partial charge in [-0.1, -0.05) is 45.9 Å². The van der Waals surface area contributed by atoms with Crippen molar-refractivity contribution >= 4 is 22.9 Å². The molecule has 0 aliphatic rings. The van der Waals surface area contributed by atoms with Crippen LogP contribution in [-0.2, 0) is 11.3 Å². The molecule has 2 aromatic carbocycles. The van der Waals surface area contributed by atoms with E-state index in [-0.39, 0.29) is 36.2 Å². The number of anilines is 1. The lowest BCUT2D eigenvalue weighted by atomic mass is 9.93. The number of para-hydroxylation sites is 1. The van der Waals surface area contributed by atoms with E-state index >= 15 is 0 Å². The molecule has 0 aliphatic heterocycles. The number of nitrogens with one attached hydrogen (secondary N) is 2. The molecule has 224 valence electrons. The van der Waals surface area contributed by atoms with Crippen LogP contribution >= 0.6 is 0 Å². The lowest BCUT2D eigenvalue weighted by Gasteiger charge is -2.27. The van der Waals surface area contributed by atoms with E-state index in [1.807, 2.05) is 77.9 Å². The van der Waals surface area contributed by atoms with E-state index in [1.165, 1.54) is 15.5 Å². The van der Waals surface area contributed by atoms with Crippen molar-refractivity contribution in [2.45, 2.75) is 59.7 Å². The summed E-state index contributed by atoms with van der Waals surface area (Å²) in [6.07, 6.45) is 2.95. The first-order valence-corrected chi connectivity index (χ1v) is 14.0. The summed E-state index contributed by atoms with van der Waals surface area (Å²) in [6.45, 7) is 12.1. The standard InChI is InChI=1S/C32H38N8O3/c1-21(2)38-32(5,6)16-22(17-33)29(41)35-18-31(3,4)19-39-28-26(27(34)36-20-37-28)40(30(39)42)23-12-14-25(15-13-23)43-24-10-8-7-9-11-24/h7-16,20-21,38H,18-19H2,1-6H3,(H,35,41)(H2,34,36,37). The summed E-state index contributed by atoms with van der Waals surface area (Å²) in [6, 6.07) is 18.7. The molecular formula is C32H38N8O3. The van der Waals surface area contributed by atoms with Crippen LogP contribution in [0.3, 0.4) is 0 Å². The van der Waals surface area contributed by atoms with Gasteiger partial charge in [-0.3, -0.25) is 13.9 Å². The third kappa shape index (κ3) is 7.47. The summed E-state index contributed by atoms with van der Waals surface area (Å²) in [5, 5.41) is 15.8. The Labute approximate surface area is 251 Å². The molecule has 0 aliphatic carbocycles. The summed E-state index contributed by atoms with van der Waals surface area (Å²) in [7, 11) is 0. The number of aromatic nitrogens is 4. The molecule has 0 radical (unpaired) electrons. The largest absolute Gasteiger partial charge is 0.457 e. The van der Waals surface area contributed by atoms with Crippen molar-refractivity contribution in [3.8, 4) is 23.3 Å². The average Bonchev–Trinajstić information content (AvgIpc) is 3.22. The highest BCUT2D eigenvalue weighted by Crippen LogP contribution is 2.26. The fourth-order valence-corrected chi connectivity index (χ4v) is 4.97. The van der Waals surface area contributed by atoms with Gasteiger partial charge in [0, 0.05) is 30.1 Å². The number of rotatable bonds is 11. The predicted molar refractivity (Wildman–Crippen MR) is 167 cm³/mol. The molecule has 0 atom stereocenters. The number of nitrogens with zero attached hydrogens (tertiary/aromatic N) is 5. The van der Waals surface area contributed by atoms with Crippen molar-refractivity contribution in [2.75, 3.05) is 12.3 Å². The number of ether oxygens (including phenoxy) is 1. The zero-order chi connectivity index (χ0) is 31.4. The monoisotopic (exact) mass is 582 g/mol. The number of hydrogen-bond acceptors (Lipinski definition) is 8. The van der Waals surface area contributed by atoms with Gasteiger partial charge in [0.25, 0.3) is 5.91 Å². The van der Waals surface area contributed by atoms with Crippen molar-refractivity contribution in [2.24, 2.45) is 5.41 Å². The van der Waals surface area contributed by atoms with E-state index in [9.17, 15) is 14.9 Å². The minimum absolute atomic E-state index is 0.0166. The molecule has 0 spiro atoms. The van der Waals surface area contributed by atoms with Gasteiger partial charge in [0.05, 0.1) is 5.69 Å². The second-order valence-corrected chi connectivity index (χ2v) is 12.1. The molecule has 0 bridgehead atoms. The molecule has 11 heteroatoms. The topological polar surface area (TPSA) is 153 Å². The number of nitriles is 1. The molecule has 4 rings (SSSR count). The van der Waals surface area contributed by atoms with Crippen molar-refractivity contribution in [3.63, 3.8) is 0 Å². The summed E-state index contributed by atoms with van der Waals surface area (Å²) in [4.78, 5) is 35.3. The number of fused-ring (bicyclic) bond motifs is 1. The average molecular weight is 583 g/mol. The van der Waals surface area contributed by atoms with Crippen LogP contribution in [0.25, 0.3) is 16.9 Å². The Hall–Kier alpha value is -4.95. The van der Waals surface area contributed by atoms with E-state index in [4.69, 9.17) is 10.5 Å². The molecule has 2 aromatic heterocycles. The van der Waals surface area contributed by atoms with Crippen LogP contribution in [0.2, 0.25) is 0 Å². The highest BCUT2D eigenvalue weighted by atomic mass is 16.5. The Morgan fingerprint density at radius 2 is 1.72 bits per heavy atom. The number of nitrogen functional groups attached to an aromatic ring is 1. The van der Waals surface area contributed by atoms with Crippen molar-refractivity contribution in [3.05, 3.63) is 83.1 Å². The highest BCUT2D eigenvalue weighted by molar-refractivity contribution is 5.97. The van der Waals surface area contributed by atoms with Gasteiger partial charge in [0.15, 0.2) is 11.5 Å². The normalized spacial score (nSPS) is 12.4. The summed E-state index contributed by atoms with van der Waals surface area (Å²) in [5.41, 5.74) is 6.11. The van der Waals surface area contributed by atoms with Crippen LogP contribution < -0.4 is 26.8 Å². The Kier molecular flexibility index (Phi) is 9.01. The zero-order valence-corrected chi connectivity index (χ0v) is 25.4. The van der Waals surface area contributed by atoms with Crippen molar-refractivity contribution in [1.82, 2.24) is 29.7 Å². The second kappa shape index (κ2) is 12.5. The summed E-state index contributed by atoms with van der Waals surface area (Å²) in [5.74, 6) is 0.998. The number of benzene rings is 2. The number of amides is 1. The number of carbonyl (C=O) groups excluding carboxylic acids is 1. The highest BCUT2D eigenvalue weighted by Gasteiger charge is 2.27. The summed E-state index contributed by atoms with van der Waals surface area (Å²) < 4.78 is 8.90. The van der Waals surface area contributed by atoms with Gasteiger partial charge in [-0.05, 0) is 56.3 Å². The van der Waals surface area contributed by atoms with E-state index in [0.717, 1.165) is 0 Å². The Bertz CT molecular complexity index is 1730. The molecule has 1 amide bonds. The van der Waals surface area contributed by atoms with Gasteiger partial charge in [-0.15, -0.1) is 0 Å². The minimum atomic E-state index is -0.599. The maximum absolute atomic E-state index is 13.9. The molecule has 4 aromatic rings. The van der Waals surface area contributed by atoms with E-state index < -0.39 is 16.9 Å². The fraction of sp³-hybridized carbons (Fsp3) is 0.344. The molecule has 4 N–H and O–H groups in total. The van der Waals surface area contributed by atoms with E-state index in [1.54, 1.807) is 30.3 Å². The van der Waals surface area contributed by atoms with E-state index in [2.05, 4.69) is 20.6 Å². The first-order chi connectivity index (χ1) is 20.3. The quantitative estimate of drug-likeness (QED) is 0.175. The molecule has 2 heterocycles. The Morgan fingerprint density at radius 3 is 2.35 bits per heavy atom. The molecule has 43 heavy (non-hydrogen) atoms. The summed E-state index contributed by atoms with van der Waals surface area (Å²) >= 11 is 0. The van der Waals surface area contributed by atoms with Gasteiger partial charge < -0.3 is 21.1 Å². The molecule has 0 fully saturated rings. The van der Waals surface area contributed by atoms with Gasteiger partial charge in [0.1, 0.15) is 35.0 Å². The first-order valence-electron chi connectivity index (χ1n) is 14.0. The van der Waals surface area contributed by atoms with Gasteiger partial charge >= 0.3 is 5.69 Å². The van der Waals surface area contributed by atoms with Crippen LogP contribution in [0.1, 0.15) is 41.5 Å². The van der Waals surface area contributed by atoms with Crippen LogP contribution in [0.15, 0.2) is 77.4 Å². The fourth-order valence-electron chi connectivity index (χ4n) is 4.97. The molecule has 0 saturated carbocycles. The van der Waals surface area contributed by atoms with Crippen LogP contribution in [0.4, 0.5) is 5.82 Å². The molecule has 11 nitrogen and oxygen atoms in total. The van der Waals surface area contributed by atoms with Crippen LogP contribution in [-0.4, -0.2) is 43.1 Å². The molecular weight excluding hydrogens is 544 g/mol. The predicted octanol–water partition coefficient (Wildman–Crippen LogP) is 4.33. The SMILES string of the molecule is CC(C)NC(C)(C)C=C(C#N)C(=O)NCC(C)(C)Cn1c(=O)n(-c2ccc(Oc3ccccc3)cc2)c2c(N)ncnc21. The Morgan fingerprint density at radius 1 is 1.07 bits per heavy atom. The third-order valence-corrected chi connectivity index (χ3v) is 6.65. The van der Waals surface area contributed by atoms with Gasteiger partial charge in [0.2, 0.25) is 0 Å². The lowest BCUT2D eigenvalue weighted by Crippen LogP contribution is -2.43. The first kappa shape index (κ1) is 31.0. The zero-order valence-electron chi connectivity index (χ0n) is 25.4. The lowest BCUT2D eigenvalue weighted by molar-refractivity contribution is -0.117. The Balaban J connectivity index is 1.59. The maximum atomic E-state index is 13.9. The van der Waals surface area contributed by atoms with E-state index in [0.29, 0.717) is 28.4 Å². The minimum Gasteiger partial charge on any atom is -0.457 e. The second-order valence-electron chi connectivity index (χ2n) is 12.1. The third-order valence-electron chi connectivity index (χ3n) is 6.65. The van der Waals surface area contributed by atoms with Crippen molar-refractivity contribution < 1.29 is 9.53 Å². The number of nitrogens with two attached hydrogens (primary N) is 1. The van der Waals surface area contributed by atoms with Crippen LogP contribution in [0, 0.1) is 16.7 Å². The molecule has 0 unspecified atom stereocenters. The van der Waals surface area contributed by atoms with Crippen molar-refractivity contribution in [1.29, 1.82) is 5.26 Å². The smallest absolute Gasteiger partial charge is 0.335 e. The maximum Gasteiger partial charge on any atom is 0.335 e. The number of imidazole rings is 1. The number of hydrogen-bond donors (Lipinski definition) is 3. The van der Waals surface area contributed by atoms with Gasteiger partial charge in [-0.2, -0.15) is 5.26 Å². The number of carbonyl (C=O) groups is 1. The van der Waals surface area contributed by atoms with Crippen LogP contribution in [0.5, 0.6) is 11.5 Å². The molecule has 0 saturated heterocycles. The van der Waals surface area contributed by atoms with Gasteiger partial charge in [-0.25, -0.2) is 14.8 Å².